The molecule has 2 aromatic carbocycles. The average molecular weight is 800 g/mol. The Hall–Kier alpha value is -5.63. The molecule has 294 valence electrons. The predicted molar refractivity (Wildman–Crippen MR) is 190 cm³/mol. The van der Waals surface area contributed by atoms with Gasteiger partial charge in [-0.2, -0.15) is 13.2 Å². The first-order valence-corrected chi connectivity index (χ1v) is 17.4. The number of nitrogens with one attached hydrogen (secondary N) is 2. The highest BCUT2D eigenvalue weighted by atomic mass is 35.5. The van der Waals surface area contributed by atoms with E-state index in [-0.39, 0.29) is 61.3 Å². The van der Waals surface area contributed by atoms with Crippen LogP contribution in [0.15, 0.2) is 99.7 Å². The highest BCUT2D eigenvalue weighted by molar-refractivity contribution is 6.31. The summed E-state index contributed by atoms with van der Waals surface area (Å²) >= 11 is 6.42. The smallest absolute Gasteiger partial charge is 0.442 e. The highest BCUT2D eigenvalue weighted by Crippen LogP contribution is 2.52. The summed E-state index contributed by atoms with van der Waals surface area (Å²) in [5, 5.41) is 20.4. The Kier molecular flexibility index (Phi) is 12.8. The fourth-order valence-electron chi connectivity index (χ4n) is 5.55. The molecule has 0 fully saturated rings. The second kappa shape index (κ2) is 17.9. The molecule has 1 unspecified atom stereocenters. The van der Waals surface area contributed by atoms with E-state index >= 15 is 0 Å². The minimum Gasteiger partial charge on any atom is -0.466 e. The number of ether oxygens (including phenoxy) is 4. The summed E-state index contributed by atoms with van der Waals surface area (Å²) in [5.74, 6) is -1.25. The normalized spacial score (nSPS) is 16.0. The number of alkyl halides is 3. The van der Waals surface area contributed by atoms with Crippen LogP contribution in [-0.2, 0) is 42.6 Å². The van der Waals surface area contributed by atoms with Crippen LogP contribution < -0.4 is 10.6 Å². The summed E-state index contributed by atoms with van der Waals surface area (Å²) in [6.45, 7) is 1.58. The Morgan fingerprint density at radius 1 is 0.964 bits per heavy atom. The van der Waals surface area contributed by atoms with Gasteiger partial charge in [0.15, 0.2) is 0 Å². The maximum atomic E-state index is 13.9. The first kappa shape index (κ1) is 40.0. The summed E-state index contributed by atoms with van der Waals surface area (Å²) < 4.78 is 77.1. The molecule has 4 aromatic rings. The van der Waals surface area contributed by atoms with Crippen molar-refractivity contribution in [3.8, 4) is 0 Å². The number of rotatable bonds is 18. The Balaban J connectivity index is 0.921. The molecule has 56 heavy (non-hydrogen) atoms. The Labute approximate surface area is 321 Å². The lowest BCUT2D eigenvalue weighted by atomic mass is 9.95. The number of hydrogen-bond acceptors (Lipinski definition) is 13. The van der Waals surface area contributed by atoms with E-state index in [4.69, 9.17) is 35.5 Å². The molecule has 0 bridgehead atoms. The van der Waals surface area contributed by atoms with E-state index in [0.29, 0.717) is 41.5 Å². The summed E-state index contributed by atoms with van der Waals surface area (Å²) in [4.78, 5) is 34.2. The molecule has 2 N–H and O–H groups in total. The van der Waals surface area contributed by atoms with E-state index < -0.39 is 35.6 Å². The van der Waals surface area contributed by atoms with E-state index in [1.807, 2.05) is 0 Å². The predicted octanol–water partition coefficient (Wildman–Crippen LogP) is 4.84. The monoisotopic (exact) mass is 799 g/mol. The number of carbonyl (C=O) groups excluding carboxylic acids is 2. The number of hydrogen-bond donors (Lipinski definition) is 2. The van der Waals surface area contributed by atoms with Gasteiger partial charge >= 0.3 is 17.8 Å². The van der Waals surface area contributed by atoms with Crippen LogP contribution in [0.3, 0.4) is 0 Å². The Morgan fingerprint density at radius 3 is 2.38 bits per heavy atom. The molecule has 2 aromatic heterocycles. The molecule has 4 heterocycles. The number of methoxy groups -OCH3 is 1. The van der Waals surface area contributed by atoms with Crippen molar-refractivity contribution in [2.45, 2.75) is 31.0 Å². The van der Waals surface area contributed by atoms with Crippen molar-refractivity contribution in [3.05, 3.63) is 123 Å². The van der Waals surface area contributed by atoms with Gasteiger partial charge < -0.3 is 29.6 Å². The molecular formula is C36H34ClF4N9O6. The van der Waals surface area contributed by atoms with Crippen LogP contribution in [0.1, 0.15) is 38.8 Å². The lowest BCUT2D eigenvalue weighted by Gasteiger charge is -2.28. The van der Waals surface area contributed by atoms with E-state index in [1.54, 1.807) is 35.4 Å². The van der Waals surface area contributed by atoms with E-state index in [1.165, 1.54) is 43.5 Å². The third-order valence-electron chi connectivity index (χ3n) is 8.44. The SMILES string of the molecule is COC(=O)C1=C(COCc2cn(CCOCCOCCNC(=O)c3ccc(C4(C(F)(F)F)N=N4)cc3)nn2)NC(c2ccncc2)=NC1c1ccc(F)cc1Cl. The number of halogens is 5. The number of nitrogens with zero attached hydrogens (tertiary/aromatic N) is 7. The Morgan fingerprint density at radius 2 is 1.70 bits per heavy atom. The number of carbonyl (C=O) groups is 2. The topological polar surface area (TPSA) is 176 Å². The van der Waals surface area contributed by atoms with Crippen molar-refractivity contribution < 1.29 is 46.1 Å². The zero-order valence-electron chi connectivity index (χ0n) is 29.6. The van der Waals surface area contributed by atoms with Gasteiger partial charge in [-0.1, -0.05) is 35.0 Å². The minimum atomic E-state index is -4.64. The summed E-state index contributed by atoms with van der Waals surface area (Å²) in [6, 6.07) is 11.4. The van der Waals surface area contributed by atoms with Gasteiger partial charge in [0, 0.05) is 46.2 Å². The molecule has 0 aliphatic carbocycles. The first-order valence-electron chi connectivity index (χ1n) is 17.0. The number of benzene rings is 2. The van der Waals surface area contributed by atoms with E-state index in [9.17, 15) is 27.2 Å². The van der Waals surface area contributed by atoms with Crippen molar-refractivity contribution in [1.29, 1.82) is 0 Å². The maximum absolute atomic E-state index is 13.9. The van der Waals surface area contributed by atoms with Crippen LogP contribution in [0, 0.1) is 5.82 Å². The average Bonchev–Trinajstić information content (AvgIpc) is 3.91. The van der Waals surface area contributed by atoms with Crippen molar-refractivity contribution in [2.24, 2.45) is 15.2 Å². The van der Waals surface area contributed by atoms with Crippen molar-refractivity contribution in [1.82, 2.24) is 30.6 Å². The number of amidine groups is 1. The van der Waals surface area contributed by atoms with E-state index in [2.05, 4.69) is 36.2 Å². The second-order valence-electron chi connectivity index (χ2n) is 12.2. The number of esters is 1. The fraction of sp³-hybridized carbons (Fsp3) is 0.333. The Bertz CT molecular complexity index is 2110. The third-order valence-corrected chi connectivity index (χ3v) is 8.77. The van der Waals surface area contributed by atoms with Crippen LogP contribution in [0.2, 0.25) is 5.02 Å². The molecule has 1 atom stereocenters. The van der Waals surface area contributed by atoms with Gasteiger partial charge in [-0.15, -0.1) is 15.3 Å². The van der Waals surface area contributed by atoms with Crippen LogP contribution in [0.4, 0.5) is 17.6 Å². The van der Waals surface area contributed by atoms with Crippen molar-refractivity contribution in [2.75, 3.05) is 46.7 Å². The molecule has 1 amide bonds. The lowest BCUT2D eigenvalue weighted by Crippen LogP contribution is -2.35. The van der Waals surface area contributed by atoms with Crippen LogP contribution in [0.5, 0.6) is 0 Å². The van der Waals surface area contributed by atoms with Crippen LogP contribution in [0.25, 0.3) is 0 Å². The van der Waals surface area contributed by atoms with Gasteiger partial charge in [0.05, 0.1) is 70.8 Å². The number of aliphatic imine (C=N–C) groups is 1. The van der Waals surface area contributed by atoms with Crippen molar-refractivity contribution in [3.63, 3.8) is 0 Å². The highest BCUT2D eigenvalue weighted by Gasteiger charge is 2.65. The van der Waals surface area contributed by atoms with Crippen molar-refractivity contribution >= 4 is 29.3 Å². The molecule has 20 heteroatoms. The van der Waals surface area contributed by atoms with E-state index in [0.717, 1.165) is 6.07 Å². The van der Waals surface area contributed by atoms with Crippen LogP contribution >= 0.6 is 11.6 Å². The zero-order chi connectivity index (χ0) is 39.7. The van der Waals surface area contributed by atoms with Crippen LogP contribution in [-0.4, -0.2) is 90.6 Å². The minimum absolute atomic E-state index is 0.0467. The van der Waals surface area contributed by atoms with Gasteiger partial charge in [-0.05, 0) is 36.4 Å². The fourth-order valence-corrected chi connectivity index (χ4v) is 5.82. The molecule has 0 saturated heterocycles. The maximum Gasteiger partial charge on any atom is 0.442 e. The molecule has 0 spiro atoms. The molecule has 15 nitrogen and oxygen atoms in total. The third kappa shape index (κ3) is 9.59. The summed E-state index contributed by atoms with van der Waals surface area (Å²) in [5.41, 5.74) is -0.381. The second-order valence-corrected chi connectivity index (χ2v) is 12.6. The standard InChI is InChI=1S/C36H34ClF4N9O6/c1-53-34(52)30-29(44-32(22-8-10-42-11-9-22)45-31(30)27-7-6-25(38)18-28(27)37)21-56-20-26-19-50(49-46-26)13-15-55-17-16-54-14-12-43-33(51)23-2-4-24(5-3-23)35(47-48-35)36(39,40)41/h2-11,18-19,31H,12-17,20-21H2,1H3,(H,43,51)(H,44,45). The molecule has 2 aliphatic rings. The molecule has 0 saturated carbocycles. The number of aromatic nitrogens is 4. The number of pyridine rings is 1. The van der Waals surface area contributed by atoms with Gasteiger partial charge in [0.1, 0.15) is 23.4 Å². The number of amides is 1. The molecular weight excluding hydrogens is 766 g/mol. The summed E-state index contributed by atoms with van der Waals surface area (Å²) in [7, 11) is 1.24. The van der Waals surface area contributed by atoms with Gasteiger partial charge in [-0.25, -0.2) is 13.9 Å². The molecule has 6 rings (SSSR count). The van der Waals surface area contributed by atoms with Gasteiger partial charge in [0.25, 0.3) is 5.91 Å². The van der Waals surface area contributed by atoms with Gasteiger partial charge in [0.2, 0.25) is 0 Å². The van der Waals surface area contributed by atoms with Gasteiger partial charge in [-0.3, -0.25) is 14.8 Å². The molecule has 2 aliphatic heterocycles. The summed E-state index contributed by atoms with van der Waals surface area (Å²) in [6.07, 6.45) is 0.249. The quantitative estimate of drug-likeness (QED) is 0.0805. The zero-order valence-corrected chi connectivity index (χ0v) is 30.4. The lowest BCUT2D eigenvalue weighted by molar-refractivity contribution is -0.166. The largest absolute Gasteiger partial charge is 0.466 e. The first-order chi connectivity index (χ1) is 27.0. The molecule has 0 radical (unpaired) electrons.